The summed E-state index contributed by atoms with van der Waals surface area (Å²) in [6.45, 7) is 10.2. The highest BCUT2D eigenvalue weighted by Crippen LogP contribution is 2.40. The predicted molar refractivity (Wildman–Crippen MR) is 78.9 cm³/mol. The molecule has 1 aliphatic carbocycles. The molecule has 1 aliphatic rings. The molecule has 1 fully saturated rings. The van der Waals surface area contributed by atoms with Crippen molar-refractivity contribution in [2.75, 3.05) is 6.54 Å². The van der Waals surface area contributed by atoms with Gasteiger partial charge < -0.3 is 5.32 Å². The molecule has 0 bridgehead atoms. The topological polar surface area (TPSA) is 24.9 Å². The van der Waals surface area contributed by atoms with Gasteiger partial charge in [-0.15, -0.1) is 11.3 Å². The number of aromatic nitrogens is 1. The minimum absolute atomic E-state index is 0.520. The fourth-order valence-corrected chi connectivity index (χ4v) is 4.48. The Morgan fingerprint density at radius 2 is 2.00 bits per heavy atom. The molecule has 0 aromatic carbocycles. The molecular weight excluding hydrogens is 240 g/mol. The lowest BCUT2D eigenvalue weighted by Crippen LogP contribution is -2.32. The Kier molecular flexibility index (Phi) is 4.79. The van der Waals surface area contributed by atoms with Crippen molar-refractivity contribution in [1.82, 2.24) is 10.3 Å². The third-order valence-corrected chi connectivity index (χ3v) is 5.05. The van der Waals surface area contributed by atoms with Crippen LogP contribution in [0, 0.1) is 24.7 Å². The van der Waals surface area contributed by atoms with E-state index < -0.39 is 0 Å². The number of nitrogens with zero attached hydrogens (tertiary/aromatic N) is 1. The van der Waals surface area contributed by atoms with Crippen LogP contribution in [-0.2, 0) is 0 Å². The molecule has 1 saturated carbocycles. The normalized spacial score (nSPS) is 30.3. The van der Waals surface area contributed by atoms with Crippen molar-refractivity contribution in [2.24, 2.45) is 17.8 Å². The van der Waals surface area contributed by atoms with Crippen LogP contribution >= 0.6 is 11.3 Å². The Labute approximate surface area is 115 Å². The summed E-state index contributed by atoms with van der Waals surface area (Å²) in [6, 6.07) is 0.520. The van der Waals surface area contributed by atoms with Crippen LogP contribution in [0.4, 0.5) is 0 Å². The van der Waals surface area contributed by atoms with Gasteiger partial charge in [-0.1, -0.05) is 20.8 Å². The average molecular weight is 266 g/mol. The first-order chi connectivity index (χ1) is 8.60. The number of aryl methyl sites for hydroxylation is 1. The molecular formula is C15H26N2S. The summed E-state index contributed by atoms with van der Waals surface area (Å²) in [7, 11) is 0. The highest BCUT2D eigenvalue weighted by atomic mass is 32.1. The molecule has 18 heavy (non-hydrogen) atoms. The van der Waals surface area contributed by atoms with Crippen molar-refractivity contribution in [3.8, 4) is 0 Å². The van der Waals surface area contributed by atoms with E-state index in [1.165, 1.54) is 29.1 Å². The van der Waals surface area contributed by atoms with E-state index in [9.17, 15) is 0 Å². The zero-order chi connectivity index (χ0) is 13.1. The second kappa shape index (κ2) is 6.16. The Morgan fingerprint density at radius 1 is 1.33 bits per heavy atom. The molecule has 1 aromatic rings. The largest absolute Gasteiger partial charge is 0.309 e. The van der Waals surface area contributed by atoms with E-state index in [4.69, 9.17) is 0 Å². The lowest BCUT2D eigenvalue weighted by molar-refractivity contribution is 0.179. The quantitative estimate of drug-likeness (QED) is 0.884. The highest BCUT2D eigenvalue weighted by molar-refractivity contribution is 7.11. The summed E-state index contributed by atoms with van der Waals surface area (Å²) >= 11 is 1.86. The standard InChI is InChI=1S/C15H26N2S/c1-5-16-15(14-9-17-12(4)18-14)13-7-10(2)6-11(3)8-13/h9-11,13,15-16H,5-8H2,1-4H3. The fraction of sp³-hybridized carbons (Fsp3) is 0.800. The number of thiazole rings is 1. The van der Waals surface area contributed by atoms with Gasteiger partial charge in [0.2, 0.25) is 0 Å². The minimum Gasteiger partial charge on any atom is -0.309 e. The third-order valence-electron chi connectivity index (χ3n) is 4.06. The first kappa shape index (κ1) is 14.0. The van der Waals surface area contributed by atoms with E-state index in [0.717, 1.165) is 24.3 Å². The van der Waals surface area contributed by atoms with Crippen LogP contribution in [0.3, 0.4) is 0 Å². The van der Waals surface area contributed by atoms with Gasteiger partial charge in [-0.3, -0.25) is 0 Å². The molecule has 1 heterocycles. The van der Waals surface area contributed by atoms with Crippen LogP contribution in [0.15, 0.2) is 6.20 Å². The molecule has 0 spiro atoms. The molecule has 3 atom stereocenters. The van der Waals surface area contributed by atoms with Crippen LogP contribution < -0.4 is 5.32 Å². The molecule has 2 rings (SSSR count). The number of nitrogens with one attached hydrogen (secondary N) is 1. The van der Waals surface area contributed by atoms with E-state index >= 15 is 0 Å². The predicted octanol–water partition coefficient (Wildman–Crippen LogP) is 4.17. The van der Waals surface area contributed by atoms with Crippen molar-refractivity contribution in [3.05, 3.63) is 16.1 Å². The van der Waals surface area contributed by atoms with Gasteiger partial charge >= 0.3 is 0 Å². The van der Waals surface area contributed by atoms with Gasteiger partial charge in [0.1, 0.15) is 0 Å². The maximum absolute atomic E-state index is 4.43. The van der Waals surface area contributed by atoms with E-state index in [1.54, 1.807) is 0 Å². The van der Waals surface area contributed by atoms with Crippen LogP contribution in [0.25, 0.3) is 0 Å². The average Bonchev–Trinajstić information content (AvgIpc) is 2.71. The molecule has 0 radical (unpaired) electrons. The minimum atomic E-state index is 0.520. The summed E-state index contributed by atoms with van der Waals surface area (Å²) in [6.07, 6.45) is 6.20. The van der Waals surface area contributed by atoms with Crippen molar-refractivity contribution in [1.29, 1.82) is 0 Å². The van der Waals surface area contributed by atoms with E-state index in [1.807, 2.05) is 11.3 Å². The molecule has 0 amide bonds. The smallest absolute Gasteiger partial charge is 0.0897 e. The molecule has 3 unspecified atom stereocenters. The van der Waals surface area contributed by atoms with Gasteiger partial charge in [-0.25, -0.2) is 4.98 Å². The van der Waals surface area contributed by atoms with Crippen LogP contribution in [0.2, 0.25) is 0 Å². The van der Waals surface area contributed by atoms with E-state index in [-0.39, 0.29) is 0 Å². The fourth-order valence-electron chi connectivity index (χ4n) is 3.52. The van der Waals surface area contributed by atoms with E-state index in [2.05, 4.69) is 44.2 Å². The van der Waals surface area contributed by atoms with Gasteiger partial charge in [-0.2, -0.15) is 0 Å². The third kappa shape index (κ3) is 3.33. The van der Waals surface area contributed by atoms with Crippen molar-refractivity contribution < 1.29 is 0 Å². The lowest BCUT2D eigenvalue weighted by Gasteiger charge is -2.36. The second-order valence-corrected chi connectivity index (χ2v) is 7.26. The van der Waals surface area contributed by atoms with Crippen LogP contribution in [0.5, 0.6) is 0 Å². The molecule has 102 valence electrons. The Bertz CT molecular complexity index is 364. The van der Waals surface area contributed by atoms with E-state index in [0.29, 0.717) is 6.04 Å². The lowest BCUT2D eigenvalue weighted by atomic mass is 9.73. The molecule has 1 N–H and O–H groups in total. The molecule has 2 nitrogen and oxygen atoms in total. The number of rotatable bonds is 4. The second-order valence-electron chi connectivity index (χ2n) is 5.99. The highest BCUT2D eigenvalue weighted by Gasteiger charge is 2.31. The molecule has 1 aromatic heterocycles. The Hall–Kier alpha value is -0.410. The summed E-state index contributed by atoms with van der Waals surface area (Å²) in [4.78, 5) is 5.86. The molecule has 3 heteroatoms. The zero-order valence-electron chi connectivity index (χ0n) is 12.1. The zero-order valence-corrected chi connectivity index (χ0v) is 12.9. The number of hydrogen-bond donors (Lipinski definition) is 1. The van der Waals surface area contributed by atoms with Crippen LogP contribution in [-0.4, -0.2) is 11.5 Å². The Balaban J connectivity index is 2.14. The summed E-state index contributed by atoms with van der Waals surface area (Å²) < 4.78 is 0. The molecule has 0 saturated heterocycles. The van der Waals surface area contributed by atoms with Gasteiger partial charge in [0, 0.05) is 17.1 Å². The van der Waals surface area contributed by atoms with Crippen molar-refractivity contribution in [2.45, 2.75) is 53.0 Å². The summed E-state index contributed by atoms with van der Waals surface area (Å²) in [5.41, 5.74) is 0. The van der Waals surface area contributed by atoms with Gasteiger partial charge in [-0.05, 0) is 50.5 Å². The van der Waals surface area contributed by atoms with Crippen LogP contribution in [0.1, 0.15) is 56.0 Å². The van der Waals surface area contributed by atoms with Gasteiger partial charge in [0.15, 0.2) is 0 Å². The maximum atomic E-state index is 4.43. The van der Waals surface area contributed by atoms with Gasteiger partial charge in [0.05, 0.1) is 5.01 Å². The van der Waals surface area contributed by atoms with Crippen molar-refractivity contribution >= 4 is 11.3 Å². The Morgan fingerprint density at radius 3 is 2.50 bits per heavy atom. The van der Waals surface area contributed by atoms with Crippen molar-refractivity contribution in [3.63, 3.8) is 0 Å². The molecule has 0 aliphatic heterocycles. The summed E-state index contributed by atoms with van der Waals surface area (Å²) in [5, 5.41) is 4.88. The SMILES string of the molecule is CCNC(c1cnc(C)s1)C1CC(C)CC(C)C1. The first-order valence-electron chi connectivity index (χ1n) is 7.25. The maximum Gasteiger partial charge on any atom is 0.0897 e. The summed E-state index contributed by atoms with van der Waals surface area (Å²) in [5.74, 6) is 2.52. The monoisotopic (exact) mass is 266 g/mol. The number of hydrogen-bond acceptors (Lipinski definition) is 3. The van der Waals surface area contributed by atoms with Gasteiger partial charge in [0.25, 0.3) is 0 Å². The first-order valence-corrected chi connectivity index (χ1v) is 8.07.